The molecule has 0 N–H and O–H groups in total. The Bertz CT molecular complexity index is 431. The summed E-state index contributed by atoms with van der Waals surface area (Å²) in [5.41, 5.74) is 0. The summed E-state index contributed by atoms with van der Waals surface area (Å²) < 4.78 is 11.3. The fourth-order valence-corrected chi connectivity index (χ4v) is 2.48. The first kappa shape index (κ1) is 15.8. The zero-order valence-corrected chi connectivity index (χ0v) is 13.4. The van der Waals surface area contributed by atoms with Gasteiger partial charge in [-0.3, -0.25) is 0 Å². The number of hydrogen-bond acceptors (Lipinski definition) is 5. The van der Waals surface area contributed by atoms with Crippen LogP contribution in [0.15, 0.2) is 9.98 Å². The standard InChI is InChI=1S/C16H25N3O2/c1-5-10(3)13-8-20-15(18-13)12(7-17)16-19-14(9-21-16)11(4)6-2/h10-14H,5-6,8-9H2,1-4H3/t10-,11-,13+,14+/m0/s1. The number of rotatable bonds is 6. The Balaban J connectivity index is 2.10. The van der Waals surface area contributed by atoms with Gasteiger partial charge in [0.2, 0.25) is 11.8 Å². The predicted molar refractivity (Wildman–Crippen MR) is 82.4 cm³/mol. The highest BCUT2D eigenvalue weighted by Gasteiger charge is 2.36. The summed E-state index contributed by atoms with van der Waals surface area (Å²) in [5, 5.41) is 9.44. The van der Waals surface area contributed by atoms with Gasteiger partial charge in [-0.2, -0.15) is 5.26 Å². The third kappa shape index (κ3) is 3.37. The average Bonchev–Trinajstić information content (AvgIpc) is 3.16. The van der Waals surface area contributed by atoms with E-state index in [4.69, 9.17) is 9.47 Å². The molecule has 0 aromatic carbocycles. The van der Waals surface area contributed by atoms with E-state index < -0.39 is 5.92 Å². The maximum absolute atomic E-state index is 9.44. The molecule has 0 fully saturated rings. The molecule has 2 heterocycles. The van der Waals surface area contributed by atoms with Crippen LogP contribution in [0.2, 0.25) is 0 Å². The molecule has 5 heteroatoms. The van der Waals surface area contributed by atoms with Crippen LogP contribution in [0.3, 0.4) is 0 Å². The van der Waals surface area contributed by atoms with Gasteiger partial charge in [0.05, 0.1) is 18.2 Å². The highest BCUT2D eigenvalue weighted by atomic mass is 16.5. The fourth-order valence-electron chi connectivity index (χ4n) is 2.48. The SMILES string of the molecule is CC[C@H](C)[C@H]1COC(C(C#N)C2=N[C@@H]([C@@H](C)CC)CO2)=N1. The molecule has 0 radical (unpaired) electrons. The molecule has 0 amide bonds. The molecule has 5 nitrogen and oxygen atoms in total. The largest absolute Gasteiger partial charge is 0.477 e. The Hall–Kier alpha value is -1.57. The van der Waals surface area contributed by atoms with Crippen molar-refractivity contribution in [2.45, 2.75) is 52.6 Å². The molecule has 0 spiro atoms. The second-order valence-corrected chi connectivity index (χ2v) is 6.02. The minimum absolute atomic E-state index is 0.146. The molecule has 0 saturated carbocycles. The number of nitrogens with zero attached hydrogens (tertiary/aromatic N) is 3. The van der Waals surface area contributed by atoms with Crippen molar-refractivity contribution in [1.82, 2.24) is 0 Å². The van der Waals surface area contributed by atoms with Crippen LogP contribution in [0.4, 0.5) is 0 Å². The van der Waals surface area contributed by atoms with Gasteiger partial charge in [-0.25, -0.2) is 9.98 Å². The normalized spacial score (nSPS) is 27.4. The maximum atomic E-state index is 9.44. The van der Waals surface area contributed by atoms with Gasteiger partial charge in [0.25, 0.3) is 0 Å². The summed E-state index contributed by atoms with van der Waals surface area (Å²) >= 11 is 0. The lowest BCUT2D eigenvalue weighted by atomic mass is 10.0. The van der Waals surface area contributed by atoms with Crippen molar-refractivity contribution < 1.29 is 9.47 Å². The van der Waals surface area contributed by atoms with Gasteiger partial charge < -0.3 is 9.47 Å². The summed E-state index contributed by atoms with van der Waals surface area (Å²) in [7, 11) is 0. The molecule has 2 aliphatic rings. The van der Waals surface area contributed by atoms with E-state index in [0.29, 0.717) is 36.8 Å². The minimum Gasteiger partial charge on any atom is -0.477 e. The topological polar surface area (TPSA) is 67.0 Å². The molecule has 2 rings (SSSR count). The number of aliphatic imine (C=N–C) groups is 2. The van der Waals surface area contributed by atoms with Crippen LogP contribution in [-0.4, -0.2) is 37.1 Å². The number of nitriles is 1. The minimum atomic E-state index is -0.590. The molecule has 0 bridgehead atoms. The lowest BCUT2D eigenvalue weighted by molar-refractivity contribution is 0.263. The lowest BCUT2D eigenvalue weighted by Gasteiger charge is -2.11. The van der Waals surface area contributed by atoms with Crippen molar-refractivity contribution in [2.24, 2.45) is 27.7 Å². The van der Waals surface area contributed by atoms with Crippen molar-refractivity contribution >= 4 is 11.8 Å². The number of hydrogen-bond donors (Lipinski definition) is 0. The molecular weight excluding hydrogens is 266 g/mol. The Labute approximate surface area is 127 Å². The quantitative estimate of drug-likeness (QED) is 0.755. The van der Waals surface area contributed by atoms with E-state index in [1.165, 1.54) is 0 Å². The second kappa shape index (κ2) is 6.93. The van der Waals surface area contributed by atoms with Gasteiger partial charge in [-0.15, -0.1) is 0 Å². The smallest absolute Gasteiger partial charge is 0.211 e. The van der Waals surface area contributed by atoms with Crippen molar-refractivity contribution in [2.75, 3.05) is 13.2 Å². The summed E-state index contributed by atoms with van der Waals surface area (Å²) in [4.78, 5) is 9.15. The van der Waals surface area contributed by atoms with Gasteiger partial charge >= 0.3 is 0 Å². The van der Waals surface area contributed by atoms with Gasteiger partial charge in [0.1, 0.15) is 13.2 Å². The summed E-state index contributed by atoms with van der Waals surface area (Å²) in [6, 6.07) is 2.52. The van der Waals surface area contributed by atoms with E-state index in [1.807, 2.05) is 0 Å². The van der Waals surface area contributed by atoms with E-state index in [0.717, 1.165) is 12.8 Å². The first-order valence-electron chi connectivity index (χ1n) is 7.91. The molecule has 0 unspecified atom stereocenters. The van der Waals surface area contributed by atoms with Crippen molar-refractivity contribution in [3.05, 3.63) is 0 Å². The Morgan fingerprint density at radius 2 is 1.48 bits per heavy atom. The van der Waals surface area contributed by atoms with Crippen LogP contribution < -0.4 is 0 Å². The van der Waals surface area contributed by atoms with Crippen LogP contribution in [0, 0.1) is 29.1 Å². The third-order valence-electron chi connectivity index (χ3n) is 4.61. The van der Waals surface area contributed by atoms with Crippen LogP contribution in [0.5, 0.6) is 0 Å². The van der Waals surface area contributed by atoms with Gasteiger partial charge in [-0.05, 0) is 11.8 Å². The molecular formula is C16H25N3O2. The highest BCUT2D eigenvalue weighted by Crippen LogP contribution is 2.24. The van der Waals surface area contributed by atoms with Gasteiger partial charge in [0.15, 0.2) is 5.92 Å². The Morgan fingerprint density at radius 1 is 1.05 bits per heavy atom. The van der Waals surface area contributed by atoms with Gasteiger partial charge in [0, 0.05) is 0 Å². The molecule has 0 saturated heterocycles. The fraction of sp³-hybridized carbons (Fsp3) is 0.812. The molecule has 4 atom stereocenters. The van der Waals surface area contributed by atoms with Crippen LogP contribution in [-0.2, 0) is 9.47 Å². The molecule has 0 aromatic rings. The van der Waals surface area contributed by atoms with Crippen molar-refractivity contribution in [3.63, 3.8) is 0 Å². The first-order valence-corrected chi connectivity index (χ1v) is 7.91. The lowest BCUT2D eigenvalue weighted by Crippen LogP contribution is -2.23. The molecule has 21 heavy (non-hydrogen) atoms. The molecule has 0 aromatic heterocycles. The average molecular weight is 291 g/mol. The van der Waals surface area contributed by atoms with Crippen molar-refractivity contribution in [1.29, 1.82) is 5.26 Å². The third-order valence-corrected chi connectivity index (χ3v) is 4.61. The van der Waals surface area contributed by atoms with E-state index >= 15 is 0 Å². The van der Waals surface area contributed by atoms with Crippen LogP contribution in [0.25, 0.3) is 0 Å². The zero-order valence-electron chi connectivity index (χ0n) is 13.4. The van der Waals surface area contributed by atoms with E-state index in [9.17, 15) is 5.26 Å². The summed E-state index contributed by atoms with van der Waals surface area (Å²) in [5.74, 6) is 1.29. The van der Waals surface area contributed by atoms with Gasteiger partial charge in [-0.1, -0.05) is 40.5 Å². The van der Waals surface area contributed by atoms with Crippen LogP contribution in [0.1, 0.15) is 40.5 Å². The Kier molecular flexibility index (Phi) is 5.22. The predicted octanol–water partition coefficient (Wildman–Crippen LogP) is 2.81. The zero-order chi connectivity index (χ0) is 15.4. The van der Waals surface area contributed by atoms with E-state index in [1.54, 1.807) is 0 Å². The molecule has 0 aliphatic carbocycles. The van der Waals surface area contributed by atoms with E-state index in [-0.39, 0.29) is 12.1 Å². The molecule has 2 aliphatic heterocycles. The highest BCUT2D eigenvalue weighted by molar-refractivity contribution is 6.04. The monoisotopic (exact) mass is 291 g/mol. The summed E-state index contributed by atoms with van der Waals surface area (Å²) in [6.07, 6.45) is 2.10. The van der Waals surface area contributed by atoms with E-state index in [2.05, 4.69) is 43.7 Å². The summed E-state index contributed by atoms with van der Waals surface area (Å²) in [6.45, 7) is 9.71. The molecule has 116 valence electrons. The second-order valence-electron chi connectivity index (χ2n) is 6.02. The maximum Gasteiger partial charge on any atom is 0.211 e. The first-order chi connectivity index (χ1) is 10.1. The Morgan fingerprint density at radius 3 is 1.81 bits per heavy atom. The number of ether oxygens (including phenoxy) is 2. The van der Waals surface area contributed by atoms with Crippen LogP contribution >= 0.6 is 0 Å². The van der Waals surface area contributed by atoms with Crippen molar-refractivity contribution in [3.8, 4) is 6.07 Å².